The third-order valence-corrected chi connectivity index (χ3v) is 7.60. The van der Waals surface area contributed by atoms with Crippen molar-refractivity contribution >= 4 is 0 Å². The fraction of sp³-hybridized carbons (Fsp3) is 1.00. The van der Waals surface area contributed by atoms with E-state index in [-0.39, 0.29) is 25.7 Å². The second-order valence-corrected chi connectivity index (χ2v) is 9.67. The zero-order chi connectivity index (χ0) is 20.6. The third kappa shape index (κ3) is 6.11. The lowest BCUT2D eigenvalue weighted by atomic mass is 9.71. The molecule has 0 radical (unpaired) electrons. The molecular formula is C24H42F4. The van der Waals surface area contributed by atoms with Crippen molar-refractivity contribution in [3.63, 3.8) is 0 Å². The predicted octanol–water partition coefficient (Wildman–Crippen LogP) is 9.03. The summed E-state index contributed by atoms with van der Waals surface area (Å²) in [5, 5.41) is 0. The molecule has 0 aromatic rings. The Morgan fingerprint density at radius 1 is 0.536 bits per heavy atom. The van der Waals surface area contributed by atoms with Crippen LogP contribution in [0, 0.1) is 23.7 Å². The van der Waals surface area contributed by atoms with Gasteiger partial charge in [-0.15, -0.1) is 0 Å². The van der Waals surface area contributed by atoms with E-state index in [4.69, 9.17) is 0 Å². The Hall–Kier alpha value is -0.280. The topological polar surface area (TPSA) is 0 Å². The van der Waals surface area contributed by atoms with Crippen molar-refractivity contribution < 1.29 is 17.6 Å². The Morgan fingerprint density at radius 3 is 1.14 bits per heavy atom. The molecule has 0 unspecified atom stereocenters. The molecule has 0 nitrogen and oxygen atoms in total. The van der Waals surface area contributed by atoms with Crippen molar-refractivity contribution in [2.24, 2.45) is 23.7 Å². The highest BCUT2D eigenvalue weighted by atomic mass is 19.3. The van der Waals surface area contributed by atoms with Gasteiger partial charge in [-0.3, -0.25) is 0 Å². The van der Waals surface area contributed by atoms with Gasteiger partial charge in [0.2, 0.25) is 0 Å². The van der Waals surface area contributed by atoms with Crippen LogP contribution in [0.5, 0.6) is 0 Å². The van der Waals surface area contributed by atoms with Crippen LogP contribution in [0.4, 0.5) is 17.6 Å². The standard InChI is InChI=1S/C24H42F4/c1-3-5-7-9-19-11-15-21(16-12-19)23(25,26)24(27,28)22-17-13-20(14-18-22)10-8-6-4-2/h19-22H,3-18H2,1-2H3. The minimum Gasteiger partial charge on any atom is -0.200 e. The summed E-state index contributed by atoms with van der Waals surface area (Å²) in [5.41, 5.74) is 0. The van der Waals surface area contributed by atoms with Crippen molar-refractivity contribution in [1.29, 1.82) is 0 Å². The van der Waals surface area contributed by atoms with E-state index in [1.54, 1.807) is 0 Å². The zero-order valence-electron chi connectivity index (χ0n) is 18.1. The molecule has 166 valence electrons. The van der Waals surface area contributed by atoms with Gasteiger partial charge >= 0.3 is 11.8 Å². The van der Waals surface area contributed by atoms with Crippen LogP contribution < -0.4 is 0 Å². The van der Waals surface area contributed by atoms with E-state index in [9.17, 15) is 17.6 Å². The first-order valence-electron chi connectivity index (χ1n) is 12.1. The van der Waals surface area contributed by atoms with E-state index in [0.29, 0.717) is 37.5 Å². The predicted molar refractivity (Wildman–Crippen MR) is 109 cm³/mol. The van der Waals surface area contributed by atoms with Gasteiger partial charge in [0.15, 0.2) is 0 Å². The Morgan fingerprint density at radius 2 is 0.857 bits per heavy atom. The maximum absolute atomic E-state index is 14.9. The molecule has 0 aromatic heterocycles. The monoisotopic (exact) mass is 406 g/mol. The van der Waals surface area contributed by atoms with Gasteiger partial charge in [-0.05, 0) is 63.2 Å². The lowest BCUT2D eigenvalue weighted by Crippen LogP contribution is -2.52. The largest absolute Gasteiger partial charge is 0.313 e. The van der Waals surface area contributed by atoms with Gasteiger partial charge in [0.25, 0.3) is 0 Å². The molecule has 0 heterocycles. The van der Waals surface area contributed by atoms with Gasteiger partial charge in [-0.1, -0.05) is 65.2 Å². The SMILES string of the molecule is CCCCCC1CCC(C(F)(F)C(F)(F)C2CCC(CCCCC)CC2)CC1. The molecule has 0 N–H and O–H groups in total. The zero-order valence-corrected chi connectivity index (χ0v) is 18.1. The van der Waals surface area contributed by atoms with Crippen LogP contribution >= 0.6 is 0 Å². The van der Waals surface area contributed by atoms with Crippen LogP contribution in [0.3, 0.4) is 0 Å². The molecule has 0 amide bonds. The summed E-state index contributed by atoms with van der Waals surface area (Å²) in [6.45, 7) is 4.30. The Kier molecular flexibility index (Phi) is 9.60. The van der Waals surface area contributed by atoms with Crippen LogP contribution in [0.2, 0.25) is 0 Å². The maximum atomic E-state index is 14.9. The second kappa shape index (κ2) is 11.2. The Balaban J connectivity index is 1.83. The highest BCUT2D eigenvalue weighted by Gasteiger charge is 2.64. The van der Waals surface area contributed by atoms with Crippen LogP contribution in [-0.2, 0) is 0 Å². The number of alkyl halides is 4. The fourth-order valence-corrected chi connectivity index (χ4v) is 5.54. The fourth-order valence-electron chi connectivity index (χ4n) is 5.54. The first-order chi connectivity index (χ1) is 13.3. The summed E-state index contributed by atoms with van der Waals surface area (Å²) >= 11 is 0. The molecule has 0 atom stereocenters. The molecular weight excluding hydrogens is 364 g/mol. The summed E-state index contributed by atoms with van der Waals surface area (Å²) in [7, 11) is 0. The van der Waals surface area contributed by atoms with E-state index in [0.717, 1.165) is 38.5 Å². The van der Waals surface area contributed by atoms with Crippen molar-refractivity contribution in [1.82, 2.24) is 0 Å². The van der Waals surface area contributed by atoms with Crippen LogP contribution in [0.25, 0.3) is 0 Å². The molecule has 0 aromatic carbocycles. The van der Waals surface area contributed by atoms with E-state index >= 15 is 0 Å². The molecule has 0 spiro atoms. The highest BCUT2D eigenvalue weighted by molar-refractivity contribution is 4.97. The van der Waals surface area contributed by atoms with Crippen LogP contribution in [0.1, 0.15) is 117 Å². The van der Waals surface area contributed by atoms with Crippen LogP contribution in [0.15, 0.2) is 0 Å². The average molecular weight is 407 g/mol. The minimum absolute atomic E-state index is 0.270. The molecule has 4 heteroatoms. The molecule has 2 aliphatic rings. The molecule has 2 aliphatic carbocycles. The number of hydrogen-bond acceptors (Lipinski definition) is 0. The van der Waals surface area contributed by atoms with Crippen molar-refractivity contribution in [2.45, 2.75) is 128 Å². The van der Waals surface area contributed by atoms with Crippen molar-refractivity contribution in [2.75, 3.05) is 0 Å². The average Bonchev–Trinajstić information content (AvgIpc) is 2.69. The van der Waals surface area contributed by atoms with E-state index in [2.05, 4.69) is 13.8 Å². The number of rotatable bonds is 11. The van der Waals surface area contributed by atoms with Crippen molar-refractivity contribution in [3.05, 3.63) is 0 Å². The first kappa shape index (κ1) is 24.0. The summed E-state index contributed by atoms with van der Waals surface area (Å²) < 4.78 is 59.6. The summed E-state index contributed by atoms with van der Waals surface area (Å²) in [6.07, 6.45) is 13.0. The van der Waals surface area contributed by atoms with E-state index in [1.165, 1.54) is 12.8 Å². The quantitative estimate of drug-likeness (QED) is 0.237. The van der Waals surface area contributed by atoms with Crippen molar-refractivity contribution in [3.8, 4) is 0 Å². The molecule has 2 saturated carbocycles. The summed E-state index contributed by atoms with van der Waals surface area (Å²) in [6, 6.07) is 0. The lowest BCUT2D eigenvalue weighted by Gasteiger charge is -2.42. The highest BCUT2D eigenvalue weighted by Crippen LogP contribution is 2.53. The minimum atomic E-state index is -3.85. The molecule has 0 bridgehead atoms. The number of halogens is 4. The molecule has 2 rings (SSSR count). The van der Waals surface area contributed by atoms with Gasteiger partial charge in [0.1, 0.15) is 0 Å². The van der Waals surface area contributed by atoms with Gasteiger partial charge < -0.3 is 0 Å². The molecule has 2 fully saturated rings. The van der Waals surface area contributed by atoms with E-state index < -0.39 is 23.7 Å². The smallest absolute Gasteiger partial charge is 0.200 e. The normalized spacial score (nSPS) is 29.8. The lowest BCUT2D eigenvalue weighted by molar-refractivity contribution is -0.270. The number of unbranched alkanes of at least 4 members (excludes halogenated alkanes) is 4. The molecule has 0 saturated heterocycles. The van der Waals surface area contributed by atoms with Gasteiger partial charge in [-0.25, -0.2) is 0 Å². The van der Waals surface area contributed by atoms with Gasteiger partial charge in [0.05, 0.1) is 0 Å². The molecule has 0 aliphatic heterocycles. The Labute approximate surface area is 170 Å². The summed E-state index contributed by atoms with van der Waals surface area (Å²) in [5.74, 6) is -9.03. The van der Waals surface area contributed by atoms with Crippen LogP contribution in [-0.4, -0.2) is 11.8 Å². The third-order valence-electron chi connectivity index (χ3n) is 7.60. The van der Waals surface area contributed by atoms with Gasteiger partial charge in [0, 0.05) is 11.8 Å². The number of hydrogen-bond donors (Lipinski definition) is 0. The first-order valence-corrected chi connectivity index (χ1v) is 12.1. The summed E-state index contributed by atoms with van der Waals surface area (Å²) in [4.78, 5) is 0. The molecule has 28 heavy (non-hydrogen) atoms. The van der Waals surface area contributed by atoms with Gasteiger partial charge in [-0.2, -0.15) is 17.6 Å². The van der Waals surface area contributed by atoms with E-state index in [1.807, 2.05) is 0 Å². The second-order valence-electron chi connectivity index (χ2n) is 9.67. The Bertz CT molecular complexity index is 378. The maximum Gasteiger partial charge on any atom is 0.313 e.